The van der Waals surface area contributed by atoms with Crippen molar-refractivity contribution in [2.75, 3.05) is 13.1 Å². The Bertz CT molecular complexity index is 587. The summed E-state index contributed by atoms with van der Waals surface area (Å²) < 4.78 is 0. The van der Waals surface area contributed by atoms with Crippen LogP contribution in [0.4, 0.5) is 0 Å². The Morgan fingerprint density at radius 3 is 2.94 bits per heavy atom. The van der Waals surface area contributed by atoms with Gasteiger partial charge in [-0.05, 0) is 38.3 Å². The normalized spacial score (nSPS) is 23.5. The summed E-state index contributed by atoms with van der Waals surface area (Å²) in [5.41, 5.74) is 2.73. The number of hydrogen-bond acceptors (Lipinski definition) is 3. The van der Waals surface area contributed by atoms with Crippen LogP contribution in [0.3, 0.4) is 0 Å². The van der Waals surface area contributed by atoms with Gasteiger partial charge in [-0.3, -0.25) is 19.7 Å². The molecule has 92 valence electrons. The highest BCUT2D eigenvalue weighted by molar-refractivity contribution is 6.16. The summed E-state index contributed by atoms with van der Waals surface area (Å²) >= 11 is 0. The molecule has 1 fully saturated rings. The minimum atomic E-state index is -0.308. The second-order valence-corrected chi connectivity index (χ2v) is 5.45. The molecule has 1 amide bonds. The van der Waals surface area contributed by atoms with Crippen LogP contribution in [0, 0.1) is 6.92 Å². The number of amides is 1. The minimum absolute atomic E-state index is 0.228. The van der Waals surface area contributed by atoms with Crippen LogP contribution in [0.25, 0.3) is 0 Å². The molecular weight excluding hydrogens is 226 g/mol. The highest BCUT2D eigenvalue weighted by Gasteiger charge is 2.59. The molecule has 0 N–H and O–H groups in total. The van der Waals surface area contributed by atoms with E-state index in [-0.39, 0.29) is 11.3 Å². The summed E-state index contributed by atoms with van der Waals surface area (Å²) in [6, 6.07) is 4.10. The molecule has 18 heavy (non-hydrogen) atoms. The van der Waals surface area contributed by atoms with E-state index in [4.69, 9.17) is 0 Å². The van der Waals surface area contributed by atoms with Crippen LogP contribution >= 0.6 is 0 Å². The summed E-state index contributed by atoms with van der Waals surface area (Å²) in [6.45, 7) is 3.61. The highest BCUT2D eigenvalue weighted by atomic mass is 16.2. The summed E-state index contributed by atoms with van der Waals surface area (Å²) in [5.74, 6) is 1.08. The maximum absolute atomic E-state index is 12.6. The molecule has 0 bridgehead atoms. The van der Waals surface area contributed by atoms with E-state index in [1.165, 1.54) is 0 Å². The predicted octanol–water partition coefficient (Wildman–Crippen LogP) is 1.41. The molecule has 1 aromatic heterocycles. The standard InChI is InChI=1S/C14H15N3O/c1-9-3-4-10-11(16-9)14(5-6-14)13(18)17-8-2-7-15-12(10)17/h3-4H,2,5-8H2,1H3. The molecule has 4 rings (SSSR count). The number of amidine groups is 1. The van der Waals surface area contributed by atoms with Crippen molar-refractivity contribution in [1.29, 1.82) is 0 Å². The van der Waals surface area contributed by atoms with Gasteiger partial charge in [0.2, 0.25) is 5.91 Å². The lowest BCUT2D eigenvalue weighted by atomic mass is 9.89. The zero-order valence-electron chi connectivity index (χ0n) is 10.4. The van der Waals surface area contributed by atoms with Gasteiger partial charge in [0, 0.05) is 24.3 Å². The van der Waals surface area contributed by atoms with Gasteiger partial charge in [-0.15, -0.1) is 0 Å². The quantitative estimate of drug-likeness (QED) is 0.689. The zero-order chi connectivity index (χ0) is 12.3. The van der Waals surface area contributed by atoms with Gasteiger partial charge in [-0.2, -0.15) is 0 Å². The van der Waals surface area contributed by atoms with E-state index in [0.29, 0.717) is 0 Å². The molecule has 1 aromatic rings. The van der Waals surface area contributed by atoms with E-state index in [1.807, 2.05) is 17.9 Å². The Morgan fingerprint density at radius 2 is 2.17 bits per heavy atom. The third-order valence-electron chi connectivity index (χ3n) is 4.19. The Kier molecular flexibility index (Phi) is 1.81. The average Bonchev–Trinajstić information content (AvgIpc) is 3.18. The Morgan fingerprint density at radius 1 is 1.33 bits per heavy atom. The molecule has 3 heterocycles. The van der Waals surface area contributed by atoms with E-state index >= 15 is 0 Å². The lowest BCUT2D eigenvalue weighted by Gasteiger charge is -2.36. The third kappa shape index (κ3) is 1.13. The van der Waals surface area contributed by atoms with Crippen LogP contribution in [-0.4, -0.2) is 34.7 Å². The molecule has 1 spiro atoms. The number of aliphatic imine (C=N–C) groups is 1. The van der Waals surface area contributed by atoms with Gasteiger partial charge in [0.1, 0.15) is 5.84 Å². The molecule has 0 saturated heterocycles. The number of hydrogen-bond donors (Lipinski definition) is 0. The third-order valence-corrected chi connectivity index (χ3v) is 4.19. The largest absolute Gasteiger partial charge is 0.296 e. The summed E-state index contributed by atoms with van der Waals surface area (Å²) in [6.07, 6.45) is 2.86. The monoisotopic (exact) mass is 241 g/mol. The van der Waals surface area contributed by atoms with Crippen LogP contribution in [-0.2, 0) is 10.2 Å². The van der Waals surface area contributed by atoms with Crippen molar-refractivity contribution in [3.05, 3.63) is 29.1 Å². The molecular formula is C14H15N3O. The predicted molar refractivity (Wildman–Crippen MR) is 67.6 cm³/mol. The van der Waals surface area contributed by atoms with Gasteiger partial charge in [0.15, 0.2) is 0 Å². The van der Waals surface area contributed by atoms with E-state index in [0.717, 1.165) is 55.1 Å². The maximum Gasteiger partial charge on any atom is 0.240 e. The summed E-state index contributed by atoms with van der Waals surface area (Å²) in [7, 11) is 0. The van der Waals surface area contributed by atoms with Crippen LogP contribution < -0.4 is 0 Å². The second-order valence-electron chi connectivity index (χ2n) is 5.45. The van der Waals surface area contributed by atoms with Crippen molar-refractivity contribution in [3.8, 4) is 0 Å². The van der Waals surface area contributed by atoms with E-state index < -0.39 is 0 Å². The topological polar surface area (TPSA) is 45.6 Å². The molecule has 0 aromatic carbocycles. The molecule has 0 unspecified atom stereocenters. The van der Waals surface area contributed by atoms with Crippen molar-refractivity contribution in [2.45, 2.75) is 31.6 Å². The molecule has 1 saturated carbocycles. The first-order valence-electron chi connectivity index (χ1n) is 6.57. The Labute approximate surface area is 106 Å². The van der Waals surface area contributed by atoms with Crippen LogP contribution in [0.1, 0.15) is 36.2 Å². The fourth-order valence-corrected chi connectivity index (χ4v) is 3.07. The van der Waals surface area contributed by atoms with Crippen molar-refractivity contribution in [1.82, 2.24) is 9.88 Å². The molecule has 0 radical (unpaired) electrons. The number of pyridine rings is 1. The molecule has 1 aliphatic carbocycles. The minimum Gasteiger partial charge on any atom is -0.296 e. The van der Waals surface area contributed by atoms with Crippen LogP contribution in [0.2, 0.25) is 0 Å². The average molecular weight is 241 g/mol. The van der Waals surface area contributed by atoms with Crippen molar-refractivity contribution in [3.63, 3.8) is 0 Å². The number of aryl methyl sites for hydroxylation is 1. The molecule has 0 atom stereocenters. The summed E-state index contributed by atoms with van der Waals surface area (Å²) in [4.78, 5) is 23.7. The van der Waals surface area contributed by atoms with E-state index in [1.54, 1.807) is 0 Å². The summed E-state index contributed by atoms with van der Waals surface area (Å²) in [5, 5.41) is 0. The lowest BCUT2D eigenvalue weighted by molar-refractivity contribution is -0.130. The molecule has 2 aliphatic heterocycles. The van der Waals surface area contributed by atoms with Crippen LogP contribution in [0.5, 0.6) is 0 Å². The lowest BCUT2D eigenvalue weighted by Crippen LogP contribution is -2.51. The van der Waals surface area contributed by atoms with Crippen molar-refractivity contribution < 1.29 is 4.79 Å². The maximum atomic E-state index is 12.6. The van der Waals surface area contributed by atoms with Crippen molar-refractivity contribution in [2.24, 2.45) is 4.99 Å². The van der Waals surface area contributed by atoms with Crippen molar-refractivity contribution >= 4 is 11.7 Å². The smallest absolute Gasteiger partial charge is 0.240 e. The van der Waals surface area contributed by atoms with E-state index in [2.05, 4.69) is 16.0 Å². The number of carbonyl (C=O) groups is 1. The van der Waals surface area contributed by atoms with Gasteiger partial charge < -0.3 is 0 Å². The zero-order valence-corrected chi connectivity index (χ0v) is 10.4. The fourth-order valence-electron chi connectivity index (χ4n) is 3.07. The van der Waals surface area contributed by atoms with Gasteiger partial charge in [0.25, 0.3) is 0 Å². The number of rotatable bonds is 0. The number of carbonyl (C=O) groups excluding carboxylic acids is 1. The highest BCUT2D eigenvalue weighted by Crippen LogP contribution is 2.52. The molecule has 4 nitrogen and oxygen atoms in total. The van der Waals surface area contributed by atoms with Gasteiger partial charge >= 0.3 is 0 Å². The first-order valence-corrected chi connectivity index (χ1v) is 6.57. The number of aromatic nitrogens is 1. The molecule has 4 heteroatoms. The van der Waals surface area contributed by atoms with Gasteiger partial charge in [0.05, 0.1) is 11.1 Å². The first-order chi connectivity index (χ1) is 8.72. The van der Waals surface area contributed by atoms with Gasteiger partial charge in [-0.1, -0.05) is 0 Å². The SMILES string of the molecule is Cc1ccc2c(n1)C1(CC1)C(=O)N1CCCN=C21. The fraction of sp³-hybridized carbons (Fsp3) is 0.500. The first kappa shape index (κ1) is 10.2. The number of fused-ring (bicyclic) bond motifs is 4. The van der Waals surface area contributed by atoms with Crippen LogP contribution in [0.15, 0.2) is 17.1 Å². The number of nitrogens with zero attached hydrogens (tertiary/aromatic N) is 3. The Hall–Kier alpha value is -1.71. The second kappa shape index (κ2) is 3.19. The Balaban J connectivity index is 2.00. The van der Waals surface area contributed by atoms with E-state index in [9.17, 15) is 4.79 Å². The van der Waals surface area contributed by atoms with Gasteiger partial charge in [-0.25, -0.2) is 0 Å². The molecule has 3 aliphatic rings.